The third kappa shape index (κ3) is 3.92. The van der Waals surface area contributed by atoms with E-state index in [4.69, 9.17) is 4.74 Å². The van der Waals surface area contributed by atoms with Gasteiger partial charge in [0, 0.05) is 25.7 Å². The van der Waals surface area contributed by atoms with Gasteiger partial charge in [-0.3, -0.25) is 0 Å². The van der Waals surface area contributed by atoms with E-state index in [1.165, 1.54) is 0 Å². The van der Waals surface area contributed by atoms with Crippen molar-refractivity contribution < 1.29 is 13.2 Å². The van der Waals surface area contributed by atoms with Gasteiger partial charge in [-0.15, -0.1) is 0 Å². The summed E-state index contributed by atoms with van der Waals surface area (Å²) in [6.45, 7) is 4.06. The Balaban J connectivity index is 1.87. The number of piperazine rings is 1. The molecule has 1 N–H and O–H groups in total. The molecule has 1 aliphatic rings. The highest BCUT2D eigenvalue weighted by Crippen LogP contribution is 2.12. The Morgan fingerprint density at radius 2 is 2.11 bits per heavy atom. The summed E-state index contributed by atoms with van der Waals surface area (Å²) >= 11 is 0. The van der Waals surface area contributed by atoms with Crippen LogP contribution < -0.4 is 10.1 Å². The third-order valence-corrected chi connectivity index (χ3v) is 5.09. The number of benzene rings is 1. The molecule has 5 nitrogen and oxygen atoms in total. The predicted molar refractivity (Wildman–Crippen MR) is 74.8 cm³/mol. The normalized spacial score (nSPS) is 21.2. The molecule has 0 bridgehead atoms. The number of rotatable bonds is 5. The molecule has 19 heavy (non-hydrogen) atoms. The Morgan fingerprint density at radius 3 is 2.79 bits per heavy atom. The molecule has 0 aromatic heterocycles. The van der Waals surface area contributed by atoms with Crippen LogP contribution in [0.15, 0.2) is 30.3 Å². The summed E-state index contributed by atoms with van der Waals surface area (Å²) in [7, 11) is -3.23. The Labute approximate surface area is 114 Å². The van der Waals surface area contributed by atoms with Gasteiger partial charge in [0.15, 0.2) is 0 Å². The molecule has 0 amide bonds. The van der Waals surface area contributed by atoms with Crippen molar-refractivity contribution in [2.24, 2.45) is 0 Å². The van der Waals surface area contributed by atoms with E-state index >= 15 is 0 Å². The van der Waals surface area contributed by atoms with Crippen LogP contribution >= 0.6 is 0 Å². The molecular weight excluding hydrogens is 264 g/mol. The number of para-hydroxylation sites is 1. The smallest absolute Gasteiger partial charge is 0.217 e. The molecule has 1 aromatic carbocycles. The fourth-order valence-corrected chi connectivity index (χ4v) is 3.66. The molecule has 2 rings (SSSR count). The van der Waals surface area contributed by atoms with E-state index < -0.39 is 10.0 Å². The second kappa shape index (κ2) is 6.36. The Morgan fingerprint density at radius 1 is 1.37 bits per heavy atom. The average Bonchev–Trinajstić information content (AvgIpc) is 2.40. The van der Waals surface area contributed by atoms with Crippen molar-refractivity contribution in [2.45, 2.75) is 13.0 Å². The van der Waals surface area contributed by atoms with Crippen LogP contribution in [0.4, 0.5) is 0 Å². The first-order valence-electron chi connectivity index (χ1n) is 6.48. The zero-order chi connectivity index (χ0) is 13.7. The van der Waals surface area contributed by atoms with Gasteiger partial charge in [0.25, 0.3) is 0 Å². The summed E-state index contributed by atoms with van der Waals surface area (Å²) in [5.74, 6) is 0.720. The monoisotopic (exact) mass is 284 g/mol. The Hall–Kier alpha value is -1.11. The molecule has 1 heterocycles. The van der Waals surface area contributed by atoms with Crippen LogP contribution in [-0.4, -0.2) is 50.8 Å². The maximum absolute atomic E-state index is 12.2. The number of hydrogen-bond donors (Lipinski definition) is 1. The van der Waals surface area contributed by atoms with Crippen LogP contribution in [0, 0.1) is 0 Å². The second-order valence-corrected chi connectivity index (χ2v) is 6.68. The highest BCUT2D eigenvalue weighted by Gasteiger charge is 2.29. The zero-order valence-electron chi connectivity index (χ0n) is 11.1. The van der Waals surface area contributed by atoms with Crippen LogP contribution in [0.1, 0.15) is 6.92 Å². The second-order valence-electron chi connectivity index (χ2n) is 4.64. The van der Waals surface area contributed by atoms with Crippen LogP contribution in [0.5, 0.6) is 5.75 Å². The van der Waals surface area contributed by atoms with E-state index in [0.717, 1.165) is 0 Å². The standard InChI is InChI=1S/C13H20N2O3S/c1-12-11-14-7-8-15(12)19(16,17)10-9-18-13-5-3-2-4-6-13/h2-6,12,14H,7-11H2,1H3. The summed E-state index contributed by atoms with van der Waals surface area (Å²) in [5, 5.41) is 3.18. The van der Waals surface area contributed by atoms with Crippen molar-refractivity contribution in [1.82, 2.24) is 9.62 Å². The van der Waals surface area contributed by atoms with E-state index in [2.05, 4.69) is 5.32 Å². The predicted octanol–water partition coefficient (Wildman–Crippen LogP) is 0.689. The fraction of sp³-hybridized carbons (Fsp3) is 0.538. The van der Waals surface area contributed by atoms with Gasteiger partial charge >= 0.3 is 0 Å². The minimum atomic E-state index is -3.23. The molecule has 106 valence electrons. The number of nitrogens with zero attached hydrogens (tertiary/aromatic N) is 1. The van der Waals surface area contributed by atoms with Gasteiger partial charge in [-0.25, -0.2) is 8.42 Å². The fourth-order valence-electron chi connectivity index (χ4n) is 2.13. The lowest BCUT2D eigenvalue weighted by Crippen LogP contribution is -2.53. The Kier molecular flexibility index (Phi) is 4.79. The topological polar surface area (TPSA) is 58.6 Å². The van der Waals surface area contributed by atoms with Crippen molar-refractivity contribution in [3.63, 3.8) is 0 Å². The molecule has 6 heteroatoms. The summed E-state index contributed by atoms with van der Waals surface area (Å²) in [6, 6.07) is 9.27. The van der Waals surface area contributed by atoms with E-state index in [9.17, 15) is 8.42 Å². The van der Waals surface area contributed by atoms with Crippen LogP contribution in [0.25, 0.3) is 0 Å². The minimum Gasteiger partial charge on any atom is -0.492 e. The van der Waals surface area contributed by atoms with Gasteiger partial charge in [-0.1, -0.05) is 18.2 Å². The first-order chi connectivity index (χ1) is 9.09. The van der Waals surface area contributed by atoms with Crippen molar-refractivity contribution in [3.05, 3.63) is 30.3 Å². The summed E-state index contributed by atoms with van der Waals surface area (Å²) < 4.78 is 31.4. The highest BCUT2D eigenvalue weighted by molar-refractivity contribution is 7.89. The third-order valence-electron chi connectivity index (χ3n) is 3.15. The molecule has 1 unspecified atom stereocenters. The lowest BCUT2D eigenvalue weighted by molar-refractivity contribution is 0.278. The van der Waals surface area contributed by atoms with Gasteiger partial charge in [-0.2, -0.15) is 4.31 Å². The SMILES string of the molecule is CC1CNCCN1S(=O)(=O)CCOc1ccccc1. The Bertz CT molecular complexity index is 490. The molecular formula is C13H20N2O3S. The summed E-state index contributed by atoms with van der Waals surface area (Å²) in [6.07, 6.45) is 0. The maximum Gasteiger partial charge on any atom is 0.217 e. The van der Waals surface area contributed by atoms with Gasteiger partial charge in [0.05, 0.1) is 5.75 Å². The van der Waals surface area contributed by atoms with Crippen LogP contribution in [0.3, 0.4) is 0 Å². The lowest BCUT2D eigenvalue weighted by atomic mass is 10.3. The molecule has 1 aromatic rings. The molecule has 0 radical (unpaired) electrons. The van der Waals surface area contributed by atoms with Gasteiger partial charge in [-0.05, 0) is 19.1 Å². The van der Waals surface area contributed by atoms with E-state index in [-0.39, 0.29) is 18.4 Å². The molecule has 0 spiro atoms. The molecule has 1 saturated heterocycles. The van der Waals surface area contributed by atoms with E-state index in [1.54, 1.807) is 4.31 Å². The first kappa shape index (κ1) is 14.3. The maximum atomic E-state index is 12.2. The van der Waals surface area contributed by atoms with Crippen LogP contribution in [0.2, 0.25) is 0 Å². The van der Waals surface area contributed by atoms with E-state index in [0.29, 0.717) is 25.4 Å². The largest absolute Gasteiger partial charge is 0.492 e. The number of nitrogens with one attached hydrogen (secondary N) is 1. The molecule has 1 atom stereocenters. The number of sulfonamides is 1. The number of ether oxygens (including phenoxy) is 1. The first-order valence-corrected chi connectivity index (χ1v) is 8.08. The average molecular weight is 284 g/mol. The van der Waals surface area contributed by atoms with Crippen LogP contribution in [-0.2, 0) is 10.0 Å². The quantitative estimate of drug-likeness (QED) is 0.864. The van der Waals surface area contributed by atoms with Crippen molar-refractivity contribution in [3.8, 4) is 5.75 Å². The van der Waals surface area contributed by atoms with Gasteiger partial charge in [0.1, 0.15) is 12.4 Å². The number of hydrogen-bond acceptors (Lipinski definition) is 4. The highest BCUT2D eigenvalue weighted by atomic mass is 32.2. The molecule has 1 fully saturated rings. The molecule has 0 saturated carbocycles. The van der Waals surface area contributed by atoms with Crippen molar-refractivity contribution >= 4 is 10.0 Å². The molecule has 1 aliphatic heterocycles. The van der Waals surface area contributed by atoms with Gasteiger partial charge < -0.3 is 10.1 Å². The van der Waals surface area contributed by atoms with E-state index in [1.807, 2.05) is 37.3 Å². The summed E-state index contributed by atoms with van der Waals surface area (Å²) in [5.41, 5.74) is 0. The van der Waals surface area contributed by atoms with Crippen molar-refractivity contribution in [1.29, 1.82) is 0 Å². The summed E-state index contributed by atoms with van der Waals surface area (Å²) in [4.78, 5) is 0. The zero-order valence-corrected chi connectivity index (χ0v) is 11.9. The molecule has 0 aliphatic carbocycles. The lowest BCUT2D eigenvalue weighted by Gasteiger charge is -2.32. The van der Waals surface area contributed by atoms with Gasteiger partial charge in [0.2, 0.25) is 10.0 Å². The van der Waals surface area contributed by atoms with Crippen molar-refractivity contribution in [2.75, 3.05) is 32.0 Å². The minimum absolute atomic E-state index is 0.00970.